The minimum Gasteiger partial charge on any atom is -0.487 e. The Morgan fingerprint density at radius 2 is 1.88 bits per heavy atom. The number of hydrogen-bond donors (Lipinski definition) is 1. The van der Waals surface area contributed by atoms with E-state index in [1.807, 2.05) is 49.4 Å². The predicted molar refractivity (Wildman–Crippen MR) is 99.5 cm³/mol. The van der Waals surface area contributed by atoms with Crippen LogP contribution in [-0.2, 0) is 11.4 Å². The lowest BCUT2D eigenvalue weighted by molar-refractivity contribution is -0.145. The molecule has 0 saturated carbocycles. The number of nitrogens with zero attached hydrogens (tertiary/aromatic N) is 1. The zero-order valence-electron chi connectivity index (χ0n) is 14.6. The van der Waals surface area contributed by atoms with E-state index in [1.54, 1.807) is 18.2 Å². The minimum absolute atomic E-state index is 0.325. The molecule has 26 heavy (non-hydrogen) atoms. The lowest BCUT2D eigenvalue weighted by Gasteiger charge is -2.15. The molecule has 0 aliphatic rings. The van der Waals surface area contributed by atoms with E-state index >= 15 is 0 Å². The lowest BCUT2D eigenvalue weighted by atomic mass is 10.2. The predicted octanol–water partition coefficient (Wildman–Crippen LogP) is 4.45. The highest BCUT2D eigenvalue weighted by Crippen LogP contribution is 2.22. The van der Waals surface area contributed by atoms with Crippen molar-refractivity contribution in [1.29, 1.82) is 0 Å². The fourth-order valence-corrected chi connectivity index (χ4v) is 2.64. The number of aliphatic carboxylic acids is 1. The van der Waals surface area contributed by atoms with Crippen LogP contribution in [-0.4, -0.2) is 22.2 Å². The van der Waals surface area contributed by atoms with E-state index in [1.165, 1.54) is 0 Å². The minimum atomic E-state index is -0.960. The van der Waals surface area contributed by atoms with Gasteiger partial charge in [-0.15, -0.1) is 0 Å². The van der Waals surface area contributed by atoms with Gasteiger partial charge in [0.15, 0.2) is 6.10 Å². The van der Waals surface area contributed by atoms with Gasteiger partial charge in [-0.25, -0.2) is 9.78 Å². The van der Waals surface area contributed by atoms with Gasteiger partial charge in [0.1, 0.15) is 18.1 Å². The molecule has 3 rings (SSSR count). The van der Waals surface area contributed by atoms with E-state index in [-0.39, 0.29) is 0 Å². The molecule has 0 saturated heterocycles. The molecule has 0 aliphatic heterocycles. The standard InChI is InChI=1S/C21H21NO4/c1-2-6-20(21(23)24)26-18-9-5-8-17(13-18)25-14-16-12-11-15-7-3-4-10-19(15)22-16/h3-5,7-13,20H,2,6,14H2,1H3,(H,23,24). The number of fused-ring (bicyclic) bond motifs is 1. The number of carbonyl (C=O) groups is 1. The molecule has 0 amide bonds. The number of pyridine rings is 1. The molecule has 0 aliphatic carbocycles. The Morgan fingerprint density at radius 1 is 1.08 bits per heavy atom. The molecule has 0 bridgehead atoms. The Morgan fingerprint density at radius 3 is 2.69 bits per heavy atom. The summed E-state index contributed by atoms with van der Waals surface area (Å²) in [6.07, 6.45) is 0.347. The third-order valence-corrected chi connectivity index (χ3v) is 3.95. The summed E-state index contributed by atoms with van der Waals surface area (Å²) in [6, 6.07) is 18.9. The van der Waals surface area contributed by atoms with Crippen LogP contribution < -0.4 is 9.47 Å². The van der Waals surface area contributed by atoms with Crippen LogP contribution in [0.1, 0.15) is 25.5 Å². The monoisotopic (exact) mass is 351 g/mol. The van der Waals surface area contributed by atoms with Crippen molar-refractivity contribution in [2.24, 2.45) is 0 Å². The fourth-order valence-electron chi connectivity index (χ4n) is 2.64. The molecular formula is C21H21NO4. The molecule has 0 radical (unpaired) electrons. The normalized spacial score (nSPS) is 11.9. The second-order valence-corrected chi connectivity index (χ2v) is 5.99. The summed E-state index contributed by atoms with van der Waals surface area (Å²) in [6.45, 7) is 2.25. The second-order valence-electron chi connectivity index (χ2n) is 5.99. The summed E-state index contributed by atoms with van der Waals surface area (Å²) in [5.41, 5.74) is 1.75. The summed E-state index contributed by atoms with van der Waals surface area (Å²) < 4.78 is 11.4. The quantitative estimate of drug-likeness (QED) is 0.649. The van der Waals surface area contributed by atoms with Crippen molar-refractivity contribution in [3.05, 3.63) is 66.4 Å². The number of hydrogen-bond acceptors (Lipinski definition) is 4. The van der Waals surface area contributed by atoms with Gasteiger partial charge < -0.3 is 14.6 Å². The number of carboxylic acids is 1. The van der Waals surface area contributed by atoms with Crippen LogP contribution in [0.25, 0.3) is 10.9 Å². The number of carboxylic acid groups (broad SMARTS) is 1. The Kier molecular flexibility index (Phi) is 5.69. The van der Waals surface area contributed by atoms with E-state index in [2.05, 4.69) is 4.98 Å². The highest BCUT2D eigenvalue weighted by molar-refractivity contribution is 5.78. The molecule has 5 heteroatoms. The topological polar surface area (TPSA) is 68.7 Å². The molecule has 134 valence electrons. The smallest absolute Gasteiger partial charge is 0.344 e. The van der Waals surface area contributed by atoms with E-state index in [9.17, 15) is 9.90 Å². The van der Waals surface area contributed by atoms with Crippen molar-refractivity contribution >= 4 is 16.9 Å². The molecule has 1 heterocycles. The largest absolute Gasteiger partial charge is 0.487 e. The van der Waals surface area contributed by atoms with Crippen LogP contribution in [0.4, 0.5) is 0 Å². The first-order chi connectivity index (χ1) is 12.7. The van der Waals surface area contributed by atoms with Crippen LogP contribution in [0.3, 0.4) is 0 Å². The third kappa shape index (κ3) is 4.51. The average molecular weight is 351 g/mol. The van der Waals surface area contributed by atoms with Crippen LogP contribution in [0.2, 0.25) is 0 Å². The summed E-state index contributed by atoms with van der Waals surface area (Å²) in [7, 11) is 0. The molecule has 1 N–H and O–H groups in total. The zero-order valence-corrected chi connectivity index (χ0v) is 14.6. The molecule has 5 nitrogen and oxygen atoms in total. The fraction of sp³-hybridized carbons (Fsp3) is 0.238. The van der Waals surface area contributed by atoms with Gasteiger partial charge >= 0.3 is 5.97 Å². The van der Waals surface area contributed by atoms with Crippen LogP contribution in [0.15, 0.2) is 60.7 Å². The molecule has 0 spiro atoms. The highest BCUT2D eigenvalue weighted by Gasteiger charge is 2.18. The SMILES string of the molecule is CCCC(Oc1cccc(OCc2ccc3ccccc3n2)c1)C(=O)O. The van der Waals surface area contributed by atoms with E-state index in [4.69, 9.17) is 9.47 Å². The summed E-state index contributed by atoms with van der Waals surface area (Å²) in [4.78, 5) is 15.8. The number of ether oxygens (including phenoxy) is 2. The molecule has 1 unspecified atom stereocenters. The first-order valence-corrected chi connectivity index (χ1v) is 8.62. The third-order valence-electron chi connectivity index (χ3n) is 3.95. The number of para-hydroxylation sites is 1. The second kappa shape index (κ2) is 8.34. The van der Waals surface area contributed by atoms with Gasteiger partial charge in [-0.05, 0) is 30.7 Å². The molecule has 0 fully saturated rings. The molecule has 2 aromatic carbocycles. The number of benzene rings is 2. The van der Waals surface area contributed by atoms with Gasteiger partial charge in [-0.2, -0.15) is 0 Å². The van der Waals surface area contributed by atoms with Gasteiger partial charge in [0.25, 0.3) is 0 Å². The van der Waals surface area contributed by atoms with Crippen molar-refractivity contribution < 1.29 is 19.4 Å². The van der Waals surface area contributed by atoms with Crippen molar-refractivity contribution in [1.82, 2.24) is 4.98 Å². The van der Waals surface area contributed by atoms with Crippen molar-refractivity contribution in [3.63, 3.8) is 0 Å². The van der Waals surface area contributed by atoms with E-state index in [0.717, 1.165) is 23.0 Å². The summed E-state index contributed by atoms with van der Waals surface area (Å²) in [5.74, 6) is 0.131. The zero-order chi connectivity index (χ0) is 18.4. The molecule has 1 atom stereocenters. The molecular weight excluding hydrogens is 330 g/mol. The first kappa shape index (κ1) is 17.7. The van der Waals surface area contributed by atoms with Gasteiger partial charge in [-0.1, -0.05) is 43.7 Å². The maximum Gasteiger partial charge on any atom is 0.344 e. The highest BCUT2D eigenvalue weighted by atomic mass is 16.5. The van der Waals surface area contributed by atoms with E-state index in [0.29, 0.717) is 24.5 Å². The van der Waals surface area contributed by atoms with Crippen molar-refractivity contribution in [2.75, 3.05) is 0 Å². The van der Waals surface area contributed by atoms with Crippen LogP contribution >= 0.6 is 0 Å². The summed E-state index contributed by atoms with van der Waals surface area (Å²) in [5, 5.41) is 10.3. The van der Waals surface area contributed by atoms with Crippen LogP contribution in [0, 0.1) is 0 Å². The van der Waals surface area contributed by atoms with Gasteiger partial charge in [-0.3, -0.25) is 0 Å². The first-order valence-electron chi connectivity index (χ1n) is 8.62. The van der Waals surface area contributed by atoms with Crippen molar-refractivity contribution in [2.45, 2.75) is 32.5 Å². The van der Waals surface area contributed by atoms with Crippen molar-refractivity contribution in [3.8, 4) is 11.5 Å². The average Bonchev–Trinajstić information content (AvgIpc) is 2.66. The lowest BCUT2D eigenvalue weighted by Crippen LogP contribution is -2.26. The Bertz CT molecular complexity index is 894. The van der Waals surface area contributed by atoms with Gasteiger partial charge in [0, 0.05) is 11.5 Å². The summed E-state index contributed by atoms with van der Waals surface area (Å²) >= 11 is 0. The number of aromatic nitrogens is 1. The Balaban J connectivity index is 1.67. The number of rotatable bonds is 8. The maximum atomic E-state index is 11.2. The van der Waals surface area contributed by atoms with Gasteiger partial charge in [0.2, 0.25) is 0 Å². The Hall–Kier alpha value is -3.08. The molecule has 1 aromatic heterocycles. The maximum absolute atomic E-state index is 11.2. The molecule has 3 aromatic rings. The van der Waals surface area contributed by atoms with Gasteiger partial charge in [0.05, 0.1) is 11.2 Å². The van der Waals surface area contributed by atoms with Crippen LogP contribution in [0.5, 0.6) is 11.5 Å². The van der Waals surface area contributed by atoms with E-state index < -0.39 is 12.1 Å². The Labute approximate surface area is 152 Å².